The van der Waals surface area contributed by atoms with E-state index in [-0.39, 0.29) is 5.91 Å². The molecule has 0 N–H and O–H groups in total. The number of hydrogen-bond donors (Lipinski definition) is 0. The molecule has 1 aliphatic rings. The number of hydrogen-bond acceptors (Lipinski definition) is 7. The van der Waals surface area contributed by atoms with Gasteiger partial charge in [-0.3, -0.25) is 9.36 Å². The van der Waals surface area contributed by atoms with Crippen LogP contribution < -0.4 is 4.90 Å². The number of para-hydroxylation sites is 2. The number of rotatable bonds is 6. The third-order valence-electron chi connectivity index (χ3n) is 6.19. The zero-order valence-corrected chi connectivity index (χ0v) is 21.2. The zero-order valence-electron chi connectivity index (χ0n) is 19.5. The molecule has 6 rings (SSSR count). The van der Waals surface area contributed by atoms with Crippen molar-refractivity contribution in [3.63, 3.8) is 0 Å². The quantitative estimate of drug-likeness (QED) is 0.299. The average molecular weight is 513 g/mol. The number of aromatic nitrogens is 4. The summed E-state index contributed by atoms with van der Waals surface area (Å²) in [7, 11) is 0. The van der Waals surface area contributed by atoms with Crippen LogP contribution in [0.15, 0.2) is 90.1 Å². The van der Waals surface area contributed by atoms with E-state index in [0.717, 1.165) is 40.8 Å². The van der Waals surface area contributed by atoms with Crippen LogP contribution in [0.3, 0.4) is 0 Å². The minimum Gasteiger partial charge on any atom is -0.345 e. The van der Waals surface area contributed by atoms with Crippen LogP contribution in [0, 0.1) is 0 Å². The van der Waals surface area contributed by atoms with Crippen molar-refractivity contribution in [2.75, 3.05) is 36.8 Å². The van der Waals surface area contributed by atoms with Gasteiger partial charge in [-0.05, 0) is 24.3 Å². The van der Waals surface area contributed by atoms with E-state index >= 15 is 0 Å². The van der Waals surface area contributed by atoms with Crippen LogP contribution in [-0.4, -0.2) is 62.5 Å². The number of nitrogens with zero attached hydrogens (tertiary/aromatic N) is 6. The van der Waals surface area contributed by atoms with Gasteiger partial charge < -0.3 is 9.80 Å². The molecule has 0 unspecified atom stereocenters. The third-order valence-corrected chi connectivity index (χ3v) is 8.20. The summed E-state index contributed by atoms with van der Waals surface area (Å²) in [5, 5.41) is 10.7. The molecule has 1 saturated heterocycles. The van der Waals surface area contributed by atoms with Crippen molar-refractivity contribution in [2.24, 2.45) is 0 Å². The number of benzene rings is 3. The van der Waals surface area contributed by atoms with Crippen molar-refractivity contribution < 1.29 is 4.79 Å². The molecule has 180 valence electrons. The highest BCUT2D eigenvalue weighted by atomic mass is 32.2. The molecule has 5 aromatic rings. The summed E-state index contributed by atoms with van der Waals surface area (Å²) < 4.78 is 3.22. The molecule has 1 fully saturated rings. The predicted octanol–water partition coefficient (Wildman–Crippen LogP) is 4.98. The molecular formula is C27H24N6OS2. The average Bonchev–Trinajstić information content (AvgIpc) is 3.57. The lowest BCUT2D eigenvalue weighted by atomic mass is 10.2. The normalized spacial score (nSPS) is 13.9. The van der Waals surface area contributed by atoms with E-state index in [1.54, 1.807) is 11.3 Å². The summed E-state index contributed by atoms with van der Waals surface area (Å²) in [6.45, 7) is 2.95. The number of anilines is 1. The fourth-order valence-electron chi connectivity index (χ4n) is 4.31. The van der Waals surface area contributed by atoms with Crippen LogP contribution in [0.25, 0.3) is 27.3 Å². The van der Waals surface area contributed by atoms with Crippen LogP contribution in [-0.2, 0) is 4.79 Å². The van der Waals surface area contributed by atoms with Crippen molar-refractivity contribution in [2.45, 2.75) is 5.16 Å². The maximum absolute atomic E-state index is 13.1. The molecule has 7 nitrogen and oxygen atoms in total. The molecule has 9 heteroatoms. The fraction of sp³-hybridized carbons (Fsp3) is 0.185. The third kappa shape index (κ3) is 4.59. The number of carbonyl (C=O) groups excluding carboxylic acids is 1. The summed E-state index contributed by atoms with van der Waals surface area (Å²) >= 11 is 3.14. The van der Waals surface area contributed by atoms with Crippen molar-refractivity contribution in [3.8, 4) is 17.1 Å². The predicted molar refractivity (Wildman–Crippen MR) is 146 cm³/mol. The van der Waals surface area contributed by atoms with Gasteiger partial charge in [0, 0.05) is 37.4 Å². The highest BCUT2D eigenvalue weighted by Crippen LogP contribution is 2.30. The molecule has 0 aliphatic carbocycles. The van der Waals surface area contributed by atoms with Gasteiger partial charge in [0.1, 0.15) is 0 Å². The van der Waals surface area contributed by atoms with Crippen LogP contribution >= 0.6 is 23.1 Å². The first-order chi connectivity index (χ1) is 17.8. The van der Waals surface area contributed by atoms with E-state index < -0.39 is 0 Å². The monoisotopic (exact) mass is 512 g/mol. The lowest BCUT2D eigenvalue weighted by molar-refractivity contribution is -0.128. The van der Waals surface area contributed by atoms with E-state index in [1.807, 2.05) is 88.3 Å². The van der Waals surface area contributed by atoms with E-state index in [9.17, 15) is 4.79 Å². The van der Waals surface area contributed by atoms with E-state index in [0.29, 0.717) is 24.0 Å². The first-order valence-corrected chi connectivity index (χ1v) is 13.6. The molecule has 36 heavy (non-hydrogen) atoms. The minimum atomic E-state index is 0.118. The molecule has 3 aromatic carbocycles. The van der Waals surface area contributed by atoms with Gasteiger partial charge in [-0.2, -0.15) is 0 Å². The Bertz CT molecular complexity index is 1440. The van der Waals surface area contributed by atoms with Gasteiger partial charge in [-0.1, -0.05) is 83.8 Å². The molecule has 1 amide bonds. The van der Waals surface area contributed by atoms with Crippen molar-refractivity contribution in [3.05, 3.63) is 84.9 Å². The SMILES string of the molecule is O=C(CSc1nnc(-c2ccccc2)n1-c1ccccc1)N1CCN(c2nc3ccccc3s2)CC1. The topological polar surface area (TPSA) is 67.2 Å². The number of thiazole rings is 1. The van der Waals surface area contributed by atoms with Crippen LogP contribution in [0.5, 0.6) is 0 Å². The van der Waals surface area contributed by atoms with Crippen LogP contribution in [0.1, 0.15) is 0 Å². The Kier molecular flexibility index (Phi) is 6.40. The van der Waals surface area contributed by atoms with Gasteiger partial charge in [-0.15, -0.1) is 10.2 Å². The molecule has 2 aromatic heterocycles. The van der Waals surface area contributed by atoms with Gasteiger partial charge in [-0.25, -0.2) is 4.98 Å². The number of piperazine rings is 1. The van der Waals surface area contributed by atoms with Crippen LogP contribution in [0.2, 0.25) is 0 Å². The highest BCUT2D eigenvalue weighted by molar-refractivity contribution is 7.99. The second-order valence-electron chi connectivity index (χ2n) is 8.46. The number of carbonyl (C=O) groups is 1. The van der Waals surface area contributed by atoms with Crippen LogP contribution in [0.4, 0.5) is 5.13 Å². The molecule has 1 aliphatic heterocycles. The summed E-state index contributed by atoms with van der Waals surface area (Å²) in [5.74, 6) is 1.20. The van der Waals surface area contributed by atoms with Gasteiger partial charge >= 0.3 is 0 Å². The van der Waals surface area contributed by atoms with E-state index in [1.165, 1.54) is 16.5 Å². The van der Waals surface area contributed by atoms with Gasteiger partial charge in [0.15, 0.2) is 16.1 Å². The zero-order chi connectivity index (χ0) is 24.3. The molecule has 0 radical (unpaired) electrons. The second kappa shape index (κ2) is 10.1. The van der Waals surface area contributed by atoms with E-state index in [2.05, 4.69) is 21.2 Å². The molecule has 0 saturated carbocycles. The maximum Gasteiger partial charge on any atom is 0.233 e. The highest BCUT2D eigenvalue weighted by Gasteiger charge is 2.24. The maximum atomic E-state index is 13.1. The molecular weight excluding hydrogens is 488 g/mol. The standard InChI is InChI=1S/C27H24N6OS2/c34-24(31-15-17-32(18-16-31)26-28-22-13-7-8-14-23(22)36-26)19-35-27-30-29-25(20-9-3-1-4-10-20)33(27)21-11-5-2-6-12-21/h1-14H,15-19H2. The molecule has 0 atom stereocenters. The Morgan fingerprint density at radius 2 is 1.53 bits per heavy atom. The Morgan fingerprint density at radius 3 is 2.28 bits per heavy atom. The largest absolute Gasteiger partial charge is 0.345 e. The minimum absolute atomic E-state index is 0.118. The van der Waals surface area contributed by atoms with Crippen molar-refractivity contribution in [1.29, 1.82) is 0 Å². The van der Waals surface area contributed by atoms with E-state index in [4.69, 9.17) is 4.98 Å². The summed E-state index contributed by atoms with van der Waals surface area (Å²) in [6, 6.07) is 28.2. The van der Waals surface area contributed by atoms with Crippen molar-refractivity contribution in [1.82, 2.24) is 24.6 Å². The first-order valence-electron chi connectivity index (χ1n) is 11.8. The lowest BCUT2D eigenvalue weighted by Crippen LogP contribution is -2.49. The summed E-state index contributed by atoms with van der Waals surface area (Å²) in [4.78, 5) is 22.1. The number of fused-ring (bicyclic) bond motifs is 1. The lowest BCUT2D eigenvalue weighted by Gasteiger charge is -2.34. The Morgan fingerprint density at radius 1 is 0.833 bits per heavy atom. The summed E-state index contributed by atoms with van der Waals surface area (Å²) in [6.07, 6.45) is 0. The van der Waals surface area contributed by atoms with Gasteiger partial charge in [0.2, 0.25) is 5.91 Å². The second-order valence-corrected chi connectivity index (χ2v) is 10.4. The Labute approximate surface area is 217 Å². The number of thioether (sulfide) groups is 1. The Hall–Kier alpha value is -3.69. The first kappa shape index (κ1) is 22.8. The molecule has 0 spiro atoms. The van der Waals surface area contributed by atoms with Crippen molar-refractivity contribution >= 4 is 44.4 Å². The fourth-order valence-corrected chi connectivity index (χ4v) is 6.18. The Balaban J connectivity index is 1.13. The smallest absolute Gasteiger partial charge is 0.233 e. The van der Waals surface area contributed by atoms with Gasteiger partial charge in [0.05, 0.1) is 16.0 Å². The number of amides is 1. The molecule has 3 heterocycles. The van der Waals surface area contributed by atoms with Gasteiger partial charge in [0.25, 0.3) is 0 Å². The summed E-state index contributed by atoms with van der Waals surface area (Å²) in [5.41, 5.74) is 2.99. The molecule has 0 bridgehead atoms.